The van der Waals surface area contributed by atoms with Crippen LogP contribution in [0.15, 0.2) is 18.2 Å². The molecule has 0 aromatic heterocycles. The van der Waals surface area contributed by atoms with Crippen molar-refractivity contribution < 1.29 is 0 Å². The van der Waals surface area contributed by atoms with Crippen LogP contribution in [0.3, 0.4) is 0 Å². The van der Waals surface area contributed by atoms with Crippen LogP contribution in [-0.2, 0) is 0 Å². The van der Waals surface area contributed by atoms with E-state index in [0.717, 1.165) is 5.69 Å². The van der Waals surface area contributed by atoms with Gasteiger partial charge in [0, 0.05) is 11.7 Å². The molecule has 1 aromatic rings. The Hall–Kier alpha value is -1.20. The molecule has 0 spiro atoms. The highest BCUT2D eigenvalue weighted by atomic mass is 35.5. The Labute approximate surface area is 88.5 Å². The van der Waals surface area contributed by atoms with Crippen LogP contribution in [-0.4, -0.2) is 6.04 Å². The smallest absolute Gasteiger partial charge is 0.101 e. The Kier molecular flexibility index (Phi) is 2.60. The van der Waals surface area contributed by atoms with Gasteiger partial charge in [-0.05, 0) is 37.5 Å². The fraction of sp³-hybridized carbons (Fsp3) is 0.364. The lowest BCUT2D eigenvalue weighted by Crippen LogP contribution is -2.26. The summed E-state index contributed by atoms with van der Waals surface area (Å²) in [5, 5.41) is 12.6. The van der Waals surface area contributed by atoms with Crippen molar-refractivity contribution in [1.29, 1.82) is 5.26 Å². The van der Waals surface area contributed by atoms with Crippen molar-refractivity contribution in [2.75, 3.05) is 5.32 Å². The maximum absolute atomic E-state index is 8.69. The average Bonchev–Trinajstić information content (AvgIpc) is 2.12. The molecular weight excluding hydrogens is 196 g/mol. The lowest BCUT2D eigenvalue weighted by atomic mass is 9.93. The Morgan fingerprint density at radius 3 is 2.71 bits per heavy atom. The normalized spacial score (nSPS) is 15.7. The van der Waals surface area contributed by atoms with E-state index in [9.17, 15) is 0 Å². The number of halogens is 1. The summed E-state index contributed by atoms with van der Waals surface area (Å²) in [7, 11) is 0. The van der Waals surface area contributed by atoms with E-state index in [1.54, 1.807) is 6.07 Å². The van der Waals surface area contributed by atoms with Gasteiger partial charge in [-0.15, -0.1) is 0 Å². The van der Waals surface area contributed by atoms with Gasteiger partial charge in [0.15, 0.2) is 0 Å². The molecule has 1 saturated carbocycles. The SMILES string of the molecule is N#Cc1ccc(NC2CCC2)cc1Cl. The lowest BCUT2D eigenvalue weighted by molar-refractivity contribution is 0.445. The second-order valence-electron chi connectivity index (χ2n) is 3.58. The molecule has 1 fully saturated rings. The van der Waals surface area contributed by atoms with Gasteiger partial charge in [-0.25, -0.2) is 0 Å². The van der Waals surface area contributed by atoms with E-state index in [1.165, 1.54) is 19.3 Å². The van der Waals surface area contributed by atoms with Crippen LogP contribution in [0.1, 0.15) is 24.8 Å². The maximum Gasteiger partial charge on any atom is 0.101 e. The zero-order chi connectivity index (χ0) is 9.97. The van der Waals surface area contributed by atoms with Gasteiger partial charge in [-0.2, -0.15) is 5.26 Å². The highest BCUT2D eigenvalue weighted by Gasteiger charge is 2.16. The van der Waals surface area contributed by atoms with E-state index < -0.39 is 0 Å². The number of nitrogens with zero attached hydrogens (tertiary/aromatic N) is 1. The van der Waals surface area contributed by atoms with Gasteiger partial charge >= 0.3 is 0 Å². The van der Waals surface area contributed by atoms with Gasteiger partial charge in [-0.3, -0.25) is 0 Å². The summed E-state index contributed by atoms with van der Waals surface area (Å²) in [6.07, 6.45) is 3.77. The first-order chi connectivity index (χ1) is 6.79. The third-order valence-corrected chi connectivity index (χ3v) is 2.88. The van der Waals surface area contributed by atoms with Crippen molar-refractivity contribution in [3.05, 3.63) is 28.8 Å². The van der Waals surface area contributed by atoms with Crippen LogP contribution in [0.4, 0.5) is 5.69 Å². The van der Waals surface area contributed by atoms with Crippen molar-refractivity contribution in [3.63, 3.8) is 0 Å². The molecular formula is C11H11ClN2. The summed E-state index contributed by atoms with van der Waals surface area (Å²) in [5.41, 5.74) is 1.55. The van der Waals surface area contributed by atoms with Crippen molar-refractivity contribution in [1.82, 2.24) is 0 Å². The van der Waals surface area contributed by atoms with Crippen LogP contribution < -0.4 is 5.32 Å². The van der Waals surface area contributed by atoms with Gasteiger partial charge in [0.05, 0.1) is 10.6 Å². The zero-order valence-electron chi connectivity index (χ0n) is 7.76. The molecule has 0 amide bonds. The molecule has 2 rings (SSSR count). The van der Waals surface area contributed by atoms with Gasteiger partial charge < -0.3 is 5.32 Å². The minimum absolute atomic E-state index is 0.525. The molecule has 0 radical (unpaired) electrons. The molecule has 1 aromatic carbocycles. The molecule has 1 N–H and O–H groups in total. The van der Waals surface area contributed by atoms with Crippen LogP contribution >= 0.6 is 11.6 Å². The summed E-state index contributed by atoms with van der Waals surface area (Å²) in [6, 6.07) is 8.12. The molecule has 0 saturated heterocycles. The summed E-state index contributed by atoms with van der Waals surface area (Å²) in [4.78, 5) is 0. The maximum atomic E-state index is 8.69. The van der Waals surface area contributed by atoms with Crippen molar-refractivity contribution in [2.24, 2.45) is 0 Å². The number of nitriles is 1. The van der Waals surface area contributed by atoms with E-state index in [2.05, 4.69) is 5.32 Å². The predicted octanol–water partition coefficient (Wildman–Crippen LogP) is 3.18. The quantitative estimate of drug-likeness (QED) is 0.807. The Morgan fingerprint density at radius 1 is 1.43 bits per heavy atom. The fourth-order valence-electron chi connectivity index (χ4n) is 1.48. The van der Waals surface area contributed by atoms with E-state index in [-0.39, 0.29) is 0 Å². The topological polar surface area (TPSA) is 35.8 Å². The van der Waals surface area contributed by atoms with Gasteiger partial charge in [0.2, 0.25) is 0 Å². The third-order valence-electron chi connectivity index (χ3n) is 2.57. The number of benzene rings is 1. The van der Waals surface area contributed by atoms with Crippen molar-refractivity contribution in [3.8, 4) is 6.07 Å². The monoisotopic (exact) mass is 206 g/mol. The summed E-state index contributed by atoms with van der Waals surface area (Å²) < 4.78 is 0. The van der Waals surface area contributed by atoms with Crippen LogP contribution in [0.5, 0.6) is 0 Å². The van der Waals surface area contributed by atoms with E-state index >= 15 is 0 Å². The minimum Gasteiger partial charge on any atom is -0.382 e. The Balaban J connectivity index is 2.12. The molecule has 14 heavy (non-hydrogen) atoms. The molecule has 0 aliphatic heterocycles. The standard InChI is InChI=1S/C11H11ClN2/c12-11-6-10(5-4-8(11)7-13)14-9-2-1-3-9/h4-6,9,14H,1-3H2. The van der Waals surface area contributed by atoms with Crippen molar-refractivity contribution >= 4 is 17.3 Å². The molecule has 72 valence electrons. The number of anilines is 1. The van der Waals surface area contributed by atoms with Crippen LogP contribution in [0, 0.1) is 11.3 Å². The molecule has 1 aliphatic carbocycles. The zero-order valence-corrected chi connectivity index (χ0v) is 8.51. The summed E-state index contributed by atoms with van der Waals surface area (Å²) in [5.74, 6) is 0. The second-order valence-corrected chi connectivity index (χ2v) is 3.99. The van der Waals surface area contributed by atoms with E-state index in [1.807, 2.05) is 18.2 Å². The first-order valence-corrected chi connectivity index (χ1v) is 5.13. The number of nitrogens with one attached hydrogen (secondary N) is 1. The Morgan fingerprint density at radius 2 is 2.21 bits per heavy atom. The minimum atomic E-state index is 0.525. The third kappa shape index (κ3) is 1.83. The second kappa shape index (κ2) is 3.89. The van der Waals surface area contributed by atoms with E-state index in [4.69, 9.17) is 16.9 Å². The average molecular weight is 207 g/mol. The molecule has 2 nitrogen and oxygen atoms in total. The largest absolute Gasteiger partial charge is 0.382 e. The summed E-state index contributed by atoms with van der Waals surface area (Å²) >= 11 is 5.91. The van der Waals surface area contributed by atoms with Gasteiger partial charge in [0.25, 0.3) is 0 Å². The van der Waals surface area contributed by atoms with Crippen LogP contribution in [0.25, 0.3) is 0 Å². The molecule has 0 atom stereocenters. The predicted molar refractivity (Wildman–Crippen MR) is 57.4 cm³/mol. The molecule has 3 heteroatoms. The highest BCUT2D eigenvalue weighted by Crippen LogP contribution is 2.26. The van der Waals surface area contributed by atoms with E-state index in [0.29, 0.717) is 16.6 Å². The van der Waals surface area contributed by atoms with Crippen LogP contribution in [0.2, 0.25) is 5.02 Å². The number of hydrogen-bond acceptors (Lipinski definition) is 2. The van der Waals surface area contributed by atoms with Gasteiger partial charge in [-0.1, -0.05) is 11.6 Å². The summed E-state index contributed by atoms with van der Waals surface area (Å²) in [6.45, 7) is 0. The van der Waals surface area contributed by atoms with Gasteiger partial charge in [0.1, 0.15) is 6.07 Å². The fourth-order valence-corrected chi connectivity index (χ4v) is 1.71. The van der Waals surface area contributed by atoms with Crippen molar-refractivity contribution in [2.45, 2.75) is 25.3 Å². The molecule has 0 heterocycles. The lowest BCUT2D eigenvalue weighted by Gasteiger charge is -2.27. The number of hydrogen-bond donors (Lipinski definition) is 1. The molecule has 1 aliphatic rings. The first-order valence-electron chi connectivity index (χ1n) is 4.76. The molecule has 0 unspecified atom stereocenters. The number of rotatable bonds is 2. The first kappa shape index (κ1) is 9.36. The Bertz CT molecular complexity index is 377. The molecule has 0 bridgehead atoms. The highest BCUT2D eigenvalue weighted by molar-refractivity contribution is 6.32.